The molecule has 0 saturated heterocycles. The van der Waals surface area contributed by atoms with Gasteiger partial charge in [-0.15, -0.1) is 0 Å². The first kappa shape index (κ1) is 15.0. The molecule has 5 nitrogen and oxygen atoms in total. The highest BCUT2D eigenvalue weighted by Gasteiger charge is 2.14. The fourth-order valence-electron chi connectivity index (χ4n) is 1.70. The average molecular weight is 261 g/mol. The normalized spacial score (nSPS) is 12.0. The minimum absolute atomic E-state index is 0.136. The van der Waals surface area contributed by atoms with Gasteiger partial charge in [0.25, 0.3) is 0 Å². The zero-order valence-electron chi connectivity index (χ0n) is 11.7. The van der Waals surface area contributed by atoms with E-state index in [1.54, 1.807) is 6.07 Å². The molecule has 0 aliphatic carbocycles. The van der Waals surface area contributed by atoms with E-state index in [1.807, 2.05) is 32.7 Å². The lowest BCUT2D eigenvalue weighted by atomic mass is 10.1. The van der Waals surface area contributed by atoms with E-state index in [1.165, 1.54) is 6.07 Å². The van der Waals surface area contributed by atoms with Crippen molar-refractivity contribution in [1.29, 1.82) is 5.26 Å². The maximum Gasteiger partial charge on any atom is 0.335 e. The van der Waals surface area contributed by atoms with Gasteiger partial charge in [-0.1, -0.05) is 13.8 Å². The molecule has 0 spiro atoms. The van der Waals surface area contributed by atoms with Gasteiger partial charge in [-0.25, -0.2) is 9.78 Å². The molecule has 0 bridgehead atoms. The van der Waals surface area contributed by atoms with Gasteiger partial charge in [-0.05, 0) is 25.0 Å². The van der Waals surface area contributed by atoms with E-state index in [0.29, 0.717) is 12.4 Å². The standard InChI is InChI=1S/C14H19N3O2/c1-9(2)12-5-11(14(18)19)6-13(16-12)17(4)8-10(3)7-15/h5-6,9-10H,8H2,1-4H3,(H,18,19). The molecule has 0 aliphatic heterocycles. The van der Waals surface area contributed by atoms with Gasteiger partial charge in [-0.3, -0.25) is 0 Å². The summed E-state index contributed by atoms with van der Waals surface area (Å²) in [6.07, 6.45) is 0. The zero-order chi connectivity index (χ0) is 14.6. The number of carbonyl (C=O) groups is 1. The predicted molar refractivity (Wildman–Crippen MR) is 73.3 cm³/mol. The molecule has 0 aliphatic rings. The maximum atomic E-state index is 11.1. The van der Waals surface area contributed by atoms with Gasteiger partial charge in [0.15, 0.2) is 0 Å². The Balaban J connectivity index is 3.12. The van der Waals surface area contributed by atoms with Crippen LogP contribution < -0.4 is 4.90 Å². The second kappa shape index (κ2) is 6.19. The number of hydrogen-bond acceptors (Lipinski definition) is 4. The molecule has 19 heavy (non-hydrogen) atoms. The van der Waals surface area contributed by atoms with Crippen molar-refractivity contribution in [3.05, 3.63) is 23.4 Å². The number of pyridine rings is 1. The third kappa shape index (κ3) is 3.95. The highest BCUT2D eigenvalue weighted by atomic mass is 16.4. The van der Waals surface area contributed by atoms with E-state index >= 15 is 0 Å². The molecule has 0 fully saturated rings. The third-order valence-corrected chi connectivity index (χ3v) is 2.83. The van der Waals surface area contributed by atoms with Crippen LogP contribution in [0.2, 0.25) is 0 Å². The largest absolute Gasteiger partial charge is 0.478 e. The fraction of sp³-hybridized carbons (Fsp3) is 0.500. The summed E-state index contributed by atoms with van der Waals surface area (Å²) >= 11 is 0. The SMILES string of the molecule is CC(C#N)CN(C)c1cc(C(=O)O)cc(C(C)C)n1. The molecule has 1 atom stereocenters. The molecule has 5 heteroatoms. The number of rotatable bonds is 5. The Hall–Kier alpha value is -2.09. The average Bonchev–Trinajstić information content (AvgIpc) is 2.37. The second-order valence-corrected chi connectivity index (χ2v) is 5.01. The summed E-state index contributed by atoms with van der Waals surface area (Å²) < 4.78 is 0. The lowest BCUT2D eigenvalue weighted by molar-refractivity contribution is 0.0696. The van der Waals surface area contributed by atoms with Crippen LogP contribution in [-0.2, 0) is 0 Å². The molecule has 0 radical (unpaired) electrons. The Morgan fingerprint density at radius 2 is 2.11 bits per heavy atom. The molecule has 1 aromatic rings. The quantitative estimate of drug-likeness (QED) is 0.881. The smallest absolute Gasteiger partial charge is 0.335 e. The first-order valence-corrected chi connectivity index (χ1v) is 6.21. The number of hydrogen-bond donors (Lipinski definition) is 1. The highest BCUT2D eigenvalue weighted by molar-refractivity contribution is 5.88. The van der Waals surface area contributed by atoms with Crippen LogP contribution in [0, 0.1) is 17.2 Å². The fourth-order valence-corrected chi connectivity index (χ4v) is 1.70. The van der Waals surface area contributed by atoms with Crippen molar-refractivity contribution >= 4 is 11.8 Å². The summed E-state index contributed by atoms with van der Waals surface area (Å²) in [5.41, 5.74) is 0.969. The molecule has 102 valence electrons. The van der Waals surface area contributed by atoms with Crippen LogP contribution in [0.15, 0.2) is 12.1 Å². The van der Waals surface area contributed by atoms with Crippen molar-refractivity contribution < 1.29 is 9.90 Å². The van der Waals surface area contributed by atoms with Crippen LogP contribution in [0.1, 0.15) is 42.7 Å². The Bertz CT molecular complexity index is 506. The monoisotopic (exact) mass is 261 g/mol. The van der Waals surface area contributed by atoms with Crippen molar-refractivity contribution in [1.82, 2.24) is 4.98 Å². The highest BCUT2D eigenvalue weighted by Crippen LogP contribution is 2.20. The maximum absolute atomic E-state index is 11.1. The minimum Gasteiger partial charge on any atom is -0.478 e. The molecule has 1 rings (SSSR count). The van der Waals surface area contributed by atoms with E-state index in [2.05, 4.69) is 11.1 Å². The van der Waals surface area contributed by atoms with Gasteiger partial charge in [0.05, 0.1) is 17.6 Å². The third-order valence-electron chi connectivity index (χ3n) is 2.83. The Morgan fingerprint density at radius 1 is 1.47 bits per heavy atom. The summed E-state index contributed by atoms with van der Waals surface area (Å²) in [6, 6.07) is 5.29. The van der Waals surface area contributed by atoms with Crippen molar-refractivity contribution in [2.45, 2.75) is 26.7 Å². The number of nitrogens with zero attached hydrogens (tertiary/aromatic N) is 3. The van der Waals surface area contributed by atoms with Gasteiger partial charge in [0.2, 0.25) is 0 Å². The number of carboxylic acid groups (broad SMARTS) is 1. The predicted octanol–water partition coefficient (Wildman–Crippen LogP) is 2.50. The number of nitriles is 1. The molecule has 1 unspecified atom stereocenters. The first-order valence-electron chi connectivity index (χ1n) is 6.21. The molecular weight excluding hydrogens is 242 g/mol. The van der Waals surface area contributed by atoms with Crippen LogP contribution in [0.25, 0.3) is 0 Å². The number of aromatic nitrogens is 1. The Morgan fingerprint density at radius 3 is 2.58 bits per heavy atom. The molecule has 1 heterocycles. The zero-order valence-corrected chi connectivity index (χ0v) is 11.7. The van der Waals surface area contributed by atoms with Crippen molar-refractivity contribution in [3.63, 3.8) is 0 Å². The summed E-state index contributed by atoms with van der Waals surface area (Å²) in [6.45, 7) is 6.27. The second-order valence-electron chi connectivity index (χ2n) is 5.01. The van der Waals surface area contributed by atoms with Crippen molar-refractivity contribution in [2.24, 2.45) is 5.92 Å². The summed E-state index contributed by atoms with van der Waals surface area (Å²) in [4.78, 5) is 17.4. The first-order chi connectivity index (χ1) is 8.85. The van der Waals surface area contributed by atoms with Crippen LogP contribution >= 0.6 is 0 Å². The summed E-state index contributed by atoms with van der Waals surface area (Å²) in [7, 11) is 1.81. The van der Waals surface area contributed by atoms with Crippen LogP contribution in [0.5, 0.6) is 0 Å². The lowest BCUT2D eigenvalue weighted by Crippen LogP contribution is -2.25. The van der Waals surface area contributed by atoms with Gasteiger partial charge >= 0.3 is 5.97 Å². The molecule has 0 aromatic carbocycles. The topological polar surface area (TPSA) is 77.2 Å². The summed E-state index contributed by atoms with van der Waals surface area (Å²) in [5, 5.41) is 18.0. The van der Waals surface area contributed by atoms with Gasteiger partial charge in [0, 0.05) is 19.3 Å². The number of aromatic carboxylic acids is 1. The van der Waals surface area contributed by atoms with Gasteiger partial charge in [0.1, 0.15) is 5.82 Å². The Labute approximate surface area is 113 Å². The van der Waals surface area contributed by atoms with Gasteiger partial charge < -0.3 is 10.0 Å². The Kier molecular flexibility index (Phi) is 4.87. The van der Waals surface area contributed by atoms with E-state index in [0.717, 1.165) is 5.69 Å². The number of anilines is 1. The molecule has 0 amide bonds. The molecule has 0 saturated carbocycles. The molecule has 1 N–H and O–H groups in total. The molecule has 1 aromatic heterocycles. The van der Waals surface area contributed by atoms with Crippen molar-refractivity contribution in [2.75, 3.05) is 18.5 Å². The van der Waals surface area contributed by atoms with E-state index in [-0.39, 0.29) is 17.4 Å². The molecular formula is C14H19N3O2. The van der Waals surface area contributed by atoms with Gasteiger partial charge in [-0.2, -0.15) is 5.26 Å². The summed E-state index contributed by atoms with van der Waals surface area (Å²) in [5.74, 6) is -0.361. The van der Waals surface area contributed by atoms with Crippen LogP contribution in [-0.4, -0.2) is 29.7 Å². The van der Waals surface area contributed by atoms with E-state index < -0.39 is 5.97 Å². The van der Waals surface area contributed by atoms with E-state index in [9.17, 15) is 4.79 Å². The minimum atomic E-state index is -0.965. The van der Waals surface area contributed by atoms with Crippen LogP contribution in [0.3, 0.4) is 0 Å². The lowest BCUT2D eigenvalue weighted by Gasteiger charge is -2.21. The number of carboxylic acids is 1. The van der Waals surface area contributed by atoms with Crippen molar-refractivity contribution in [3.8, 4) is 6.07 Å². The van der Waals surface area contributed by atoms with E-state index in [4.69, 9.17) is 10.4 Å². The van der Waals surface area contributed by atoms with Crippen LogP contribution in [0.4, 0.5) is 5.82 Å².